The summed E-state index contributed by atoms with van der Waals surface area (Å²) in [6.45, 7) is 3.65. The van der Waals surface area contributed by atoms with E-state index in [-0.39, 0.29) is 49.4 Å². The van der Waals surface area contributed by atoms with Gasteiger partial charge in [-0.15, -0.1) is 0 Å². The molecule has 2 aliphatic rings. The van der Waals surface area contributed by atoms with E-state index in [4.69, 9.17) is 9.47 Å². The topological polar surface area (TPSA) is 114 Å². The molecule has 0 aliphatic carbocycles. The molecule has 2 aromatic carbocycles. The summed E-state index contributed by atoms with van der Waals surface area (Å²) in [5, 5.41) is 5.32. The van der Waals surface area contributed by atoms with Crippen LogP contribution in [0, 0.1) is 5.92 Å². The van der Waals surface area contributed by atoms with Crippen LogP contribution in [0.4, 0.5) is 4.79 Å². The number of esters is 2. The zero-order valence-corrected chi connectivity index (χ0v) is 20.2. The summed E-state index contributed by atoms with van der Waals surface area (Å²) in [7, 11) is 0. The lowest BCUT2D eigenvalue weighted by Crippen LogP contribution is -2.47. The molecule has 0 unspecified atom stereocenters. The first kappa shape index (κ1) is 25.0. The minimum absolute atomic E-state index is 0.0420. The fourth-order valence-corrected chi connectivity index (χ4v) is 4.51. The van der Waals surface area contributed by atoms with Crippen molar-refractivity contribution in [3.63, 3.8) is 0 Å². The van der Waals surface area contributed by atoms with E-state index in [2.05, 4.69) is 10.6 Å². The Kier molecular flexibility index (Phi) is 7.68. The van der Waals surface area contributed by atoms with Gasteiger partial charge in [0.15, 0.2) is 0 Å². The van der Waals surface area contributed by atoms with Crippen LogP contribution in [0.2, 0.25) is 0 Å². The lowest BCUT2D eigenvalue weighted by atomic mass is 9.95. The number of hydrogen-bond acceptors (Lipinski definition) is 6. The van der Waals surface area contributed by atoms with Gasteiger partial charge in [-0.3, -0.25) is 9.59 Å². The Labute approximate surface area is 209 Å². The molecule has 2 aromatic rings. The van der Waals surface area contributed by atoms with E-state index in [1.807, 2.05) is 43.3 Å². The SMILES string of the molecule is CCOC(=O)C1=C(COC(=O)[C@@H]2CC(=O)N([C@@H](C)c3ccccc3)C2)NC(=O)N[C@@H]1c1ccccc1. The highest BCUT2D eigenvalue weighted by molar-refractivity contribution is 5.95. The number of rotatable bonds is 8. The Balaban J connectivity index is 1.49. The fraction of sp³-hybridized carbons (Fsp3) is 0.333. The Bertz CT molecular complexity index is 1160. The minimum Gasteiger partial charge on any atom is -0.463 e. The largest absolute Gasteiger partial charge is 0.463 e. The summed E-state index contributed by atoms with van der Waals surface area (Å²) in [6, 6.07) is 17.1. The third kappa shape index (κ3) is 5.40. The van der Waals surface area contributed by atoms with Gasteiger partial charge in [-0.1, -0.05) is 60.7 Å². The van der Waals surface area contributed by atoms with E-state index in [1.54, 1.807) is 36.1 Å². The average molecular weight is 492 g/mol. The van der Waals surface area contributed by atoms with Gasteiger partial charge in [-0.25, -0.2) is 9.59 Å². The van der Waals surface area contributed by atoms with Crippen molar-refractivity contribution in [2.24, 2.45) is 5.92 Å². The summed E-state index contributed by atoms with van der Waals surface area (Å²) in [4.78, 5) is 52.4. The van der Waals surface area contributed by atoms with E-state index in [0.717, 1.165) is 5.56 Å². The van der Waals surface area contributed by atoms with Crippen LogP contribution < -0.4 is 10.6 Å². The van der Waals surface area contributed by atoms with Crippen molar-refractivity contribution >= 4 is 23.9 Å². The second-order valence-electron chi connectivity index (χ2n) is 8.70. The predicted molar refractivity (Wildman–Crippen MR) is 130 cm³/mol. The van der Waals surface area contributed by atoms with Crippen molar-refractivity contribution < 1.29 is 28.7 Å². The van der Waals surface area contributed by atoms with E-state index < -0.39 is 29.9 Å². The highest BCUT2D eigenvalue weighted by Gasteiger charge is 2.39. The second kappa shape index (κ2) is 11.1. The van der Waals surface area contributed by atoms with Crippen LogP contribution in [0.25, 0.3) is 0 Å². The van der Waals surface area contributed by atoms with Crippen molar-refractivity contribution in [1.82, 2.24) is 15.5 Å². The number of likely N-dealkylation sites (tertiary alicyclic amines) is 1. The van der Waals surface area contributed by atoms with Crippen LogP contribution in [-0.2, 0) is 23.9 Å². The summed E-state index contributed by atoms with van der Waals surface area (Å²) >= 11 is 0. The highest BCUT2D eigenvalue weighted by atomic mass is 16.5. The van der Waals surface area contributed by atoms with E-state index >= 15 is 0 Å². The van der Waals surface area contributed by atoms with Crippen LogP contribution in [-0.4, -0.2) is 48.5 Å². The van der Waals surface area contributed by atoms with Crippen LogP contribution in [0.1, 0.15) is 43.5 Å². The van der Waals surface area contributed by atoms with Gasteiger partial charge in [0.2, 0.25) is 5.91 Å². The van der Waals surface area contributed by atoms with Gasteiger partial charge >= 0.3 is 18.0 Å². The Morgan fingerprint density at radius 3 is 2.36 bits per heavy atom. The van der Waals surface area contributed by atoms with Crippen molar-refractivity contribution in [2.45, 2.75) is 32.4 Å². The summed E-state index contributed by atoms with van der Waals surface area (Å²) < 4.78 is 10.7. The van der Waals surface area contributed by atoms with Crippen molar-refractivity contribution in [1.29, 1.82) is 0 Å². The quantitative estimate of drug-likeness (QED) is 0.549. The first-order valence-electron chi connectivity index (χ1n) is 11.9. The maximum atomic E-state index is 12.9. The number of carbonyl (C=O) groups excluding carboxylic acids is 4. The molecule has 2 aliphatic heterocycles. The maximum Gasteiger partial charge on any atom is 0.338 e. The van der Waals surface area contributed by atoms with Crippen molar-refractivity contribution in [3.05, 3.63) is 83.1 Å². The number of nitrogens with zero attached hydrogens (tertiary/aromatic N) is 1. The monoisotopic (exact) mass is 491 g/mol. The molecule has 9 nitrogen and oxygen atoms in total. The number of nitrogens with one attached hydrogen (secondary N) is 2. The molecule has 2 heterocycles. The number of carbonyl (C=O) groups is 4. The van der Waals surface area contributed by atoms with E-state index in [1.165, 1.54) is 0 Å². The Hall–Kier alpha value is -4.14. The number of urea groups is 1. The third-order valence-electron chi connectivity index (χ3n) is 6.38. The molecule has 0 spiro atoms. The van der Waals surface area contributed by atoms with Crippen LogP contribution in [0.15, 0.2) is 71.9 Å². The van der Waals surface area contributed by atoms with Gasteiger partial charge in [0.25, 0.3) is 0 Å². The molecule has 188 valence electrons. The normalized spacial score (nSPS) is 20.4. The lowest BCUT2D eigenvalue weighted by Gasteiger charge is -2.29. The first-order chi connectivity index (χ1) is 17.4. The van der Waals surface area contributed by atoms with Gasteiger partial charge in [0.05, 0.1) is 35.9 Å². The molecule has 36 heavy (non-hydrogen) atoms. The van der Waals surface area contributed by atoms with Crippen molar-refractivity contribution in [2.75, 3.05) is 19.8 Å². The highest BCUT2D eigenvalue weighted by Crippen LogP contribution is 2.30. The van der Waals surface area contributed by atoms with Crippen molar-refractivity contribution in [3.8, 4) is 0 Å². The summed E-state index contributed by atoms with van der Waals surface area (Å²) in [5.74, 6) is -1.95. The molecule has 3 amide bonds. The van der Waals surface area contributed by atoms with Gasteiger partial charge in [-0.05, 0) is 25.0 Å². The molecule has 4 rings (SSSR count). The van der Waals surface area contributed by atoms with Gasteiger partial charge < -0.3 is 25.0 Å². The maximum absolute atomic E-state index is 12.9. The van der Waals surface area contributed by atoms with Crippen LogP contribution >= 0.6 is 0 Å². The van der Waals surface area contributed by atoms with Gasteiger partial charge in [0, 0.05) is 13.0 Å². The summed E-state index contributed by atoms with van der Waals surface area (Å²) in [6.07, 6.45) is 0.0420. The molecular weight excluding hydrogens is 462 g/mol. The van der Waals surface area contributed by atoms with Gasteiger partial charge in [-0.2, -0.15) is 0 Å². The zero-order valence-electron chi connectivity index (χ0n) is 20.2. The second-order valence-corrected chi connectivity index (χ2v) is 8.70. The molecule has 1 fully saturated rings. The van der Waals surface area contributed by atoms with E-state index in [9.17, 15) is 19.2 Å². The lowest BCUT2D eigenvalue weighted by molar-refractivity contribution is -0.148. The standard InChI is InChI=1S/C27H29N3O6/c1-3-35-26(33)23-21(28-27(34)29-24(23)19-12-8-5-9-13-19)16-36-25(32)20-14-22(31)30(15-20)17(2)18-10-6-4-7-11-18/h4-13,17,20,24H,3,14-16H2,1-2H3,(H2,28,29,34)/t17-,20+,24+/m0/s1. The number of hydrogen-bond donors (Lipinski definition) is 2. The molecule has 3 atom stereocenters. The molecule has 0 radical (unpaired) electrons. The van der Waals surface area contributed by atoms with Gasteiger partial charge in [0.1, 0.15) is 6.61 Å². The number of amides is 3. The zero-order chi connectivity index (χ0) is 25.7. The molecule has 9 heteroatoms. The van der Waals surface area contributed by atoms with Crippen LogP contribution in [0.3, 0.4) is 0 Å². The smallest absolute Gasteiger partial charge is 0.338 e. The molecule has 1 saturated heterocycles. The first-order valence-corrected chi connectivity index (χ1v) is 11.9. The summed E-state index contributed by atoms with van der Waals surface area (Å²) in [5.41, 5.74) is 1.98. The molecule has 0 bridgehead atoms. The third-order valence-corrected chi connectivity index (χ3v) is 6.38. The molecular formula is C27H29N3O6. The minimum atomic E-state index is -0.761. The fourth-order valence-electron chi connectivity index (χ4n) is 4.51. The Morgan fingerprint density at radius 2 is 1.69 bits per heavy atom. The average Bonchev–Trinajstić information content (AvgIpc) is 3.29. The Morgan fingerprint density at radius 1 is 1.03 bits per heavy atom. The number of benzene rings is 2. The molecule has 0 aromatic heterocycles. The van der Waals surface area contributed by atoms with Crippen LogP contribution in [0.5, 0.6) is 0 Å². The van der Waals surface area contributed by atoms with E-state index in [0.29, 0.717) is 5.56 Å². The number of ether oxygens (including phenoxy) is 2. The molecule has 0 saturated carbocycles. The predicted octanol–water partition coefficient (Wildman–Crippen LogP) is 3.01. The molecule has 2 N–H and O–H groups in total.